The van der Waals surface area contributed by atoms with Crippen LogP contribution < -0.4 is 10.6 Å². The maximum Gasteiger partial charge on any atom is 0.405 e. The van der Waals surface area contributed by atoms with Crippen LogP contribution in [0, 0.1) is 5.92 Å². The van der Waals surface area contributed by atoms with Gasteiger partial charge in [-0.3, -0.25) is 4.79 Å². The van der Waals surface area contributed by atoms with Gasteiger partial charge in [0.05, 0.1) is 23.2 Å². The van der Waals surface area contributed by atoms with Crippen LogP contribution in [0.2, 0.25) is 0 Å². The van der Waals surface area contributed by atoms with Crippen molar-refractivity contribution in [1.29, 1.82) is 0 Å². The van der Waals surface area contributed by atoms with Gasteiger partial charge in [-0.15, -0.1) is 0 Å². The molecule has 0 bridgehead atoms. The molecule has 0 radical (unpaired) electrons. The Labute approximate surface area is 178 Å². The van der Waals surface area contributed by atoms with E-state index in [1.165, 1.54) is 11.8 Å². The van der Waals surface area contributed by atoms with Gasteiger partial charge in [-0.25, -0.2) is 13.2 Å². The maximum absolute atomic E-state index is 12.7. The van der Waals surface area contributed by atoms with Crippen molar-refractivity contribution in [3.05, 3.63) is 0 Å². The van der Waals surface area contributed by atoms with Crippen LogP contribution in [-0.2, 0) is 19.4 Å². The van der Waals surface area contributed by atoms with Crippen molar-refractivity contribution < 1.29 is 27.9 Å². The molecule has 8 nitrogen and oxygen atoms in total. The number of carbonyl (C=O) groups excluding carboxylic acids is 1. The molecule has 0 heterocycles. The van der Waals surface area contributed by atoms with Crippen molar-refractivity contribution in [2.24, 2.45) is 5.92 Å². The summed E-state index contributed by atoms with van der Waals surface area (Å²) in [5.41, 5.74) is 0. The number of ether oxygens (including phenoxy) is 1. The van der Waals surface area contributed by atoms with Gasteiger partial charge in [0.25, 0.3) is 0 Å². The summed E-state index contributed by atoms with van der Waals surface area (Å²) >= 11 is 1.53. The van der Waals surface area contributed by atoms with Crippen molar-refractivity contribution in [2.75, 3.05) is 17.8 Å². The summed E-state index contributed by atoms with van der Waals surface area (Å²) in [4.78, 5) is 23.8. The lowest BCUT2D eigenvalue weighted by Crippen LogP contribution is -2.54. The number of hydrogen-bond acceptors (Lipinski definition) is 6. The molecule has 1 rings (SSSR count). The summed E-state index contributed by atoms with van der Waals surface area (Å²) in [5.74, 6) is -0.0510. The lowest BCUT2D eigenvalue weighted by atomic mass is 9.83. The molecule has 0 aliphatic heterocycles. The summed E-state index contributed by atoms with van der Waals surface area (Å²) in [7, 11) is -3.29. The summed E-state index contributed by atoms with van der Waals surface area (Å²) in [6.45, 7) is 7.20. The predicted molar refractivity (Wildman–Crippen MR) is 116 cm³/mol. The van der Waals surface area contributed by atoms with Crippen LogP contribution >= 0.6 is 11.8 Å². The molecule has 1 saturated carbocycles. The van der Waals surface area contributed by atoms with E-state index in [1.54, 1.807) is 13.8 Å². The van der Waals surface area contributed by atoms with Gasteiger partial charge >= 0.3 is 6.09 Å². The Morgan fingerprint density at radius 2 is 1.86 bits per heavy atom. The standard InChI is InChI=1S/C19H36N2O6S2/c1-12(2)27-15-6-7-16(14(10-15)11-29(25,26)13(3)4)20-18(22)17(8-9-28-5)21-19(23)24/h12-17,21H,6-11H2,1-5H3,(H,20,22)(H,23,24). The smallest absolute Gasteiger partial charge is 0.405 e. The monoisotopic (exact) mass is 452 g/mol. The van der Waals surface area contributed by atoms with E-state index in [-0.39, 0.29) is 29.9 Å². The molecule has 0 aromatic carbocycles. The molecule has 1 aliphatic carbocycles. The number of amides is 2. The van der Waals surface area contributed by atoms with Gasteiger partial charge in [0, 0.05) is 6.04 Å². The zero-order valence-electron chi connectivity index (χ0n) is 18.0. The number of sulfone groups is 1. The third-order valence-electron chi connectivity index (χ3n) is 5.12. The molecule has 3 N–H and O–H groups in total. The fourth-order valence-electron chi connectivity index (χ4n) is 3.53. The molecule has 0 spiro atoms. The van der Waals surface area contributed by atoms with Gasteiger partial charge in [-0.05, 0) is 71.3 Å². The van der Waals surface area contributed by atoms with E-state index in [9.17, 15) is 18.0 Å². The third kappa shape index (κ3) is 9.13. The molecule has 1 aliphatic rings. The summed E-state index contributed by atoms with van der Waals surface area (Å²) < 4.78 is 31.0. The van der Waals surface area contributed by atoms with Crippen LogP contribution in [-0.4, -0.2) is 72.8 Å². The largest absolute Gasteiger partial charge is 0.465 e. The van der Waals surface area contributed by atoms with Crippen molar-refractivity contribution in [3.8, 4) is 0 Å². The van der Waals surface area contributed by atoms with E-state index in [4.69, 9.17) is 9.84 Å². The van der Waals surface area contributed by atoms with Crippen LogP contribution in [0.3, 0.4) is 0 Å². The molecule has 0 aromatic rings. The minimum absolute atomic E-state index is 0.0184. The third-order valence-corrected chi connectivity index (χ3v) is 8.09. The van der Waals surface area contributed by atoms with Crippen LogP contribution in [0.1, 0.15) is 53.4 Å². The first-order valence-corrected chi connectivity index (χ1v) is 13.2. The summed E-state index contributed by atoms with van der Waals surface area (Å²) in [6, 6.07) is -1.18. The van der Waals surface area contributed by atoms with Crippen molar-refractivity contribution in [2.45, 2.75) is 82.9 Å². The minimum Gasteiger partial charge on any atom is -0.465 e. The number of carbonyl (C=O) groups is 2. The van der Waals surface area contributed by atoms with E-state index in [0.29, 0.717) is 25.0 Å². The fourth-order valence-corrected chi connectivity index (χ4v) is 5.35. The average Bonchev–Trinajstić information content (AvgIpc) is 2.59. The van der Waals surface area contributed by atoms with Gasteiger partial charge in [-0.2, -0.15) is 11.8 Å². The second-order valence-electron chi connectivity index (χ2n) is 8.16. The molecular weight excluding hydrogens is 416 g/mol. The van der Waals surface area contributed by atoms with Gasteiger partial charge in [-0.1, -0.05) is 0 Å². The molecule has 4 unspecified atom stereocenters. The second kappa shape index (κ2) is 12.0. The Morgan fingerprint density at radius 1 is 1.21 bits per heavy atom. The molecule has 170 valence electrons. The molecule has 29 heavy (non-hydrogen) atoms. The van der Waals surface area contributed by atoms with E-state index < -0.39 is 33.1 Å². The summed E-state index contributed by atoms with van der Waals surface area (Å²) in [6.07, 6.45) is 2.89. The Balaban J connectivity index is 2.92. The number of rotatable bonds is 11. The van der Waals surface area contributed by atoms with Gasteiger partial charge in [0.2, 0.25) is 5.91 Å². The highest BCUT2D eigenvalue weighted by atomic mass is 32.2. The highest BCUT2D eigenvalue weighted by Crippen LogP contribution is 2.30. The molecule has 0 aromatic heterocycles. The molecule has 4 atom stereocenters. The average molecular weight is 453 g/mol. The second-order valence-corrected chi connectivity index (χ2v) is 11.7. The molecular formula is C19H36N2O6S2. The number of carboxylic acid groups (broad SMARTS) is 1. The van der Waals surface area contributed by atoms with Gasteiger partial charge in [0.15, 0.2) is 9.84 Å². The van der Waals surface area contributed by atoms with Crippen LogP contribution in [0.25, 0.3) is 0 Å². The first-order valence-electron chi connectivity index (χ1n) is 10.1. The lowest BCUT2D eigenvalue weighted by Gasteiger charge is -2.38. The van der Waals surface area contributed by atoms with Crippen LogP contribution in [0.15, 0.2) is 0 Å². The van der Waals surface area contributed by atoms with Gasteiger partial charge < -0.3 is 20.5 Å². The minimum atomic E-state index is -3.29. The topological polar surface area (TPSA) is 122 Å². The zero-order chi connectivity index (χ0) is 22.2. The van der Waals surface area contributed by atoms with E-state index in [1.807, 2.05) is 20.1 Å². The molecule has 0 saturated heterocycles. The molecule has 1 fully saturated rings. The Kier molecular flexibility index (Phi) is 10.8. The maximum atomic E-state index is 12.7. The Hall–Kier alpha value is -1.00. The predicted octanol–water partition coefficient (Wildman–Crippen LogP) is 2.28. The van der Waals surface area contributed by atoms with Crippen molar-refractivity contribution in [3.63, 3.8) is 0 Å². The highest BCUT2D eigenvalue weighted by molar-refractivity contribution is 7.98. The SMILES string of the molecule is CSCCC(NC(=O)O)C(=O)NC1CCC(OC(C)C)CC1CS(=O)(=O)C(C)C. The van der Waals surface area contributed by atoms with Crippen LogP contribution in [0.4, 0.5) is 4.79 Å². The fraction of sp³-hybridized carbons (Fsp3) is 0.895. The molecule has 10 heteroatoms. The first kappa shape index (κ1) is 26.0. The highest BCUT2D eigenvalue weighted by Gasteiger charge is 2.37. The van der Waals surface area contributed by atoms with E-state index >= 15 is 0 Å². The van der Waals surface area contributed by atoms with Crippen LogP contribution in [0.5, 0.6) is 0 Å². The molecule has 2 amide bonds. The quantitative estimate of drug-likeness (QED) is 0.439. The zero-order valence-corrected chi connectivity index (χ0v) is 19.6. The van der Waals surface area contributed by atoms with E-state index in [2.05, 4.69) is 10.6 Å². The van der Waals surface area contributed by atoms with Crippen molar-refractivity contribution in [1.82, 2.24) is 10.6 Å². The van der Waals surface area contributed by atoms with Crippen molar-refractivity contribution >= 4 is 33.6 Å². The first-order chi connectivity index (χ1) is 13.5. The number of hydrogen-bond donors (Lipinski definition) is 3. The number of nitrogens with one attached hydrogen (secondary N) is 2. The normalized spacial score (nSPS) is 23.8. The van der Waals surface area contributed by atoms with E-state index in [0.717, 1.165) is 6.42 Å². The lowest BCUT2D eigenvalue weighted by molar-refractivity contribution is -0.125. The Bertz CT molecular complexity index is 639. The number of thioether (sulfide) groups is 1. The Morgan fingerprint density at radius 3 is 2.38 bits per heavy atom. The summed E-state index contributed by atoms with van der Waals surface area (Å²) in [5, 5.41) is 13.7. The van der Waals surface area contributed by atoms with Gasteiger partial charge in [0.1, 0.15) is 6.04 Å².